The first-order valence-corrected chi connectivity index (χ1v) is 7.65. The van der Waals surface area contributed by atoms with Crippen LogP contribution < -0.4 is 4.74 Å². The molecule has 2 rings (SSSR count). The highest BCUT2D eigenvalue weighted by atomic mass is 79.9. The Morgan fingerprint density at radius 1 is 1.26 bits per heavy atom. The van der Waals surface area contributed by atoms with Gasteiger partial charge in [0.1, 0.15) is 12.4 Å². The van der Waals surface area contributed by atoms with Crippen molar-refractivity contribution in [3.05, 3.63) is 63.1 Å². The van der Waals surface area contributed by atoms with Gasteiger partial charge in [-0.05, 0) is 42.8 Å². The zero-order valence-corrected chi connectivity index (χ0v) is 14.2. The van der Waals surface area contributed by atoms with Gasteiger partial charge in [-0.1, -0.05) is 33.6 Å². The number of ether oxygens (including phenoxy) is 1. The van der Waals surface area contributed by atoms with Crippen molar-refractivity contribution in [2.75, 3.05) is 0 Å². The lowest BCUT2D eigenvalue weighted by atomic mass is 10.1. The smallest absolute Gasteiger partial charge is 0.419 e. The first-order chi connectivity index (χ1) is 10.7. The van der Waals surface area contributed by atoms with Crippen LogP contribution in [0.2, 0.25) is 0 Å². The van der Waals surface area contributed by atoms with Crippen LogP contribution in [0.3, 0.4) is 0 Å². The molecule has 0 aliphatic rings. The van der Waals surface area contributed by atoms with Gasteiger partial charge < -0.3 is 4.74 Å². The van der Waals surface area contributed by atoms with Crippen LogP contribution in [0.5, 0.6) is 5.75 Å². The summed E-state index contributed by atoms with van der Waals surface area (Å²) in [5.74, 6) is -0.299. The van der Waals surface area contributed by atoms with Crippen molar-refractivity contribution in [1.82, 2.24) is 0 Å². The highest BCUT2D eigenvalue weighted by Gasteiger charge is 2.34. The Morgan fingerprint density at radius 2 is 1.96 bits per heavy atom. The third kappa shape index (κ3) is 4.26. The maximum atomic E-state index is 13.1. The van der Waals surface area contributed by atoms with Crippen LogP contribution in [0.4, 0.5) is 13.2 Å². The third-order valence-corrected chi connectivity index (χ3v) is 4.09. The number of benzene rings is 2. The lowest BCUT2D eigenvalue weighted by Crippen LogP contribution is -2.10. The molecule has 2 aromatic rings. The molecule has 7 heteroatoms. The summed E-state index contributed by atoms with van der Waals surface area (Å²) in [6.45, 7) is 1.35. The molecule has 0 spiro atoms. The second-order valence-electron chi connectivity index (χ2n) is 4.83. The molecule has 0 radical (unpaired) electrons. The summed E-state index contributed by atoms with van der Waals surface area (Å²) in [4.78, 5) is 11.4. The van der Waals surface area contributed by atoms with E-state index in [9.17, 15) is 18.0 Å². The predicted molar refractivity (Wildman–Crippen MR) is 84.8 cm³/mol. The summed E-state index contributed by atoms with van der Waals surface area (Å²) in [7, 11) is 0. The molecule has 0 N–H and O–H groups in total. The molecule has 0 atom stereocenters. The van der Waals surface area contributed by atoms with Crippen LogP contribution in [0, 0.1) is 6.92 Å². The fourth-order valence-electron chi connectivity index (χ4n) is 2.03. The number of aryl methyl sites for hydroxylation is 1. The molecule has 0 amide bonds. The van der Waals surface area contributed by atoms with Gasteiger partial charge in [0.05, 0.1) is 5.56 Å². The van der Waals surface area contributed by atoms with E-state index in [1.807, 2.05) is 0 Å². The topological polar surface area (TPSA) is 26.3 Å². The van der Waals surface area contributed by atoms with E-state index in [4.69, 9.17) is 16.3 Å². The minimum absolute atomic E-state index is 0.182. The van der Waals surface area contributed by atoms with Gasteiger partial charge in [-0.3, -0.25) is 4.79 Å². The van der Waals surface area contributed by atoms with Gasteiger partial charge in [0.15, 0.2) is 0 Å². The lowest BCUT2D eigenvalue weighted by molar-refractivity contribution is -0.139. The van der Waals surface area contributed by atoms with E-state index < -0.39 is 17.0 Å². The number of hydrogen-bond donors (Lipinski definition) is 0. The molecule has 0 heterocycles. The third-order valence-electron chi connectivity index (χ3n) is 3.14. The van der Waals surface area contributed by atoms with Gasteiger partial charge in [0.25, 0.3) is 5.24 Å². The molecule has 122 valence electrons. The molecule has 0 aliphatic heterocycles. The first kappa shape index (κ1) is 17.8. The summed E-state index contributed by atoms with van der Waals surface area (Å²) in [5, 5.41) is -0.704. The molecule has 0 saturated carbocycles. The number of hydrogen-bond acceptors (Lipinski definition) is 2. The Kier molecular flexibility index (Phi) is 5.37. The van der Waals surface area contributed by atoms with Crippen LogP contribution in [0.15, 0.2) is 40.9 Å². The molecule has 2 nitrogen and oxygen atoms in total. The molecule has 0 aromatic heterocycles. The average Bonchev–Trinajstić information content (AvgIpc) is 2.45. The zero-order valence-electron chi connectivity index (χ0n) is 11.9. The Balaban J connectivity index is 2.35. The maximum Gasteiger partial charge on any atom is 0.419 e. The molecule has 0 bridgehead atoms. The minimum atomic E-state index is -4.53. The Hall–Kier alpha value is -1.53. The Bertz CT molecular complexity index is 745. The zero-order chi connectivity index (χ0) is 17.2. The van der Waals surface area contributed by atoms with Crippen molar-refractivity contribution < 1.29 is 22.7 Å². The molecule has 23 heavy (non-hydrogen) atoms. The molecule has 0 unspecified atom stereocenters. The van der Waals surface area contributed by atoms with E-state index >= 15 is 0 Å². The number of rotatable bonds is 4. The molecule has 0 fully saturated rings. The fraction of sp³-hybridized carbons (Fsp3) is 0.188. The van der Waals surface area contributed by atoms with Crippen LogP contribution in [-0.2, 0) is 12.8 Å². The molecule has 2 aromatic carbocycles. The summed E-state index contributed by atoms with van der Waals surface area (Å²) in [5.41, 5.74) is 0.188. The summed E-state index contributed by atoms with van der Waals surface area (Å²) < 4.78 is 45.1. The highest BCUT2D eigenvalue weighted by Crippen LogP contribution is 2.37. The summed E-state index contributed by atoms with van der Waals surface area (Å²) in [6.07, 6.45) is -4.53. The maximum absolute atomic E-state index is 13.1. The number of alkyl halides is 3. The van der Waals surface area contributed by atoms with Crippen molar-refractivity contribution in [2.24, 2.45) is 0 Å². The van der Waals surface area contributed by atoms with Crippen molar-refractivity contribution in [2.45, 2.75) is 19.7 Å². The van der Waals surface area contributed by atoms with Gasteiger partial charge in [0.2, 0.25) is 0 Å². The van der Waals surface area contributed by atoms with Crippen LogP contribution in [0.25, 0.3) is 0 Å². The van der Waals surface area contributed by atoms with Crippen molar-refractivity contribution in [3.63, 3.8) is 0 Å². The van der Waals surface area contributed by atoms with Gasteiger partial charge in [0, 0.05) is 15.6 Å². The normalized spacial score (nSPS) is 11.4. The monoisotopic (exact) mass is 406 g/mol. The van der Waals surface area contributed by atoms with Crippen molar-refractivity contribution in [1.29, 1.82) is 0 Å². The van der Waals surface area contributed by atoms with E-state index in [1.54, 1.807) is 19.1 Å². The standard InChI is InChI=1S/C16H11BrClF3O2/c1-9-5-6-14(12(7-9)16(19,20)21)23-8-11-10(15(18)22)3-2-4-13(11)17/h2-7H,8H2,1H3. The second kappa shape index (κ2) is 6.93. The lowest BCUT2D eigenvalue weighted by Gasteiger charge is -2.16. The van der Waals surface area contributed by atoms with Crippen LogP contribution in [-0.4, -0.2) is 5.24 Å². The second-order valence-corrected chi connectivity index (χ2v) is 6.02. The van der Waals surface area contributed by atoms with Crippen molar-refractivity contribution >= 4 is 32.8 Å². The number of halogens is 5. The summed E-state index contributed by atoms with van der Waals surface area (Å²) in [6, 6.07) is 8.55. The largest absolute Gasteiger partial charge is 0.488 e. The van der Waals surface area contributed by atoms with Crippen molar-refractivity contribution in [3.8, 4) is 5.75 Å². The fourth-order valence-corrected chi connectivity index (χ4v) is 2.69. The van der Waals surface area contributed by atoms with Gasteiger partial charge in [-0.2, -0.15) is 13.2 Å². The molecular weight excluding hydrogens is 397 g/mol. The molecule has 0 saturated heterocycles. The van der Waals surface area contributed by atoms with Crippen LogP contribution >= 0.6 is 27.5 Å². The quantitative estimate of drug-likeness (QED) is 0.605. The molecular formula is C16H11BrClF3O2. The SMILES string of the molecule is Cc1ccc(OCc2c(Br)cccc2C(=O)Cl)c(C(F)(F)F)c1. The summed E-state index contributed by atoms with van der Waals surface area (Å²) >= 11 is 8.74. The van der Waals surface area contributed by atoms with E-state index in [-0.39, 0.29) is 17.9 Å². The number of carbonyl (C=O) groups excluding carboxylic acids is 1. The Labute approximate surface area is 144 Å². The highest BCUT2D eigenvalue weighted by molar-refractivity contribution is 9.10. The number of carbonyl (C=O) groups is 1. The van der Waals surface area contributed by atoms with E-state index in [2.05, 4.69) is 15.9 Å². The average molecular weight is 408 g/mol. The predicted octanol–water partition coefficient (Wildman–Crippen LogP) is 5.73. The minimum Gasteiger partial charge on any atom is -0.488 e. The van der Waals surface area contributed by atoms with Crippen LogP contribution in [0.1, 0.15) is 27.0 Å². The first-order valence-electron chi connectivity index (χ1n) is 6.48. The Morgan fingerprint density at radius 3 is 2.57 bits per heavy atom. The van der Waals surface area contributed by atoms with Gasteiger partial charge in [-0.25, -0.2) is 0 Å². The van der Waals surface area contributed by atoms with Gasteiger partial charge >= 0.3 is 6.18 Å². The van der Waals surface area contributed by atoms with E-state index in [0.29, 0.717) is 15.6 Å². The van der Waals surface area contributed by atoms with E-state index in [1.165, 1.54) is 18.2 Å². The van der Waals surface area contributed by atoms with Gasteiger partial charge in [-0.15, -0.1) is 0 Å². The molecule has 0 aliphatic carbocycles. The van der Waals surface area contributed by atoms with E-state index in [0.717, 1.165) is 6.07 Å².